The van der Waals surface area contributed by atoms with Gasteiger partial charge in [-0.2, -0.15) is 0 Å². The van der Waals surface area contributed by atoms with E-state index in [0.717, 1.165) is 11.3 Å². The van der Waals surface area contributed by atoms with E-state index in [1.54, 1.807) is 66.7 Å². The zero-order valence-corrected chi connectivity index (χ0v) is 22.3. The van der Waals surface area contributed by atoms with Crippen molar-refractivity contribution < 1.29 is 23.5 Å². The Balaban J connectivity index is 1.36. The van der Waals surface area contributed by atoms with E-state index in [2.05, 4.69) is 10.2 Å². The molecule has 0 radical (unpaired) electrons. The van der Waals surface area contributed by atoms with E-state index in [1.165, 1.54) is 22.7 Å². The van der Waals surface area contributed by atoms with Crippen molar-refractivity contribution in [1.82, 2.24) is 10.2 Å². The molecule has 3 aromatic carbocycles. The van der Waals surface area contributed by atoms with Gasteiger partial charge in [0.15, 0.2) is 15.9 Å². The minimum Gasteiger partial charge on any atom is -0.503 e. The van der Waals surface area contributed by atoms with Crippen LogP contribution in [0.5, 0.6) is 0 Å². The van der Waals surface area contributed by atoms with Gasteiger partial charge in [0.05, 0.1) is 11.6 Å². The van der Waals surface area contributed by atoms with Crippen LogP contribution < -0.4 is 4.90 Å². The summed E-state index contributed by atoms with van der Waals surface area (Å²) >= 11 is 8.46. The lowest BCUT2D eigenvalue weighted by atomic mass is 9.95. The molecule has 0 saturated heterocycles. The molecule has 0 saturated carbocycles. The first kappa shape index (κ1) is 25.3. The maximum absolute atomic E-state index is 14.1. The van der Waals surface area contributed by atoms with Crippen LogP contribution in [0.1, 0.15) is 27.7 Å². The summed E-state index contributed by atoms with van der Waals surface area (Å²) < 4.78 is 20.3. The van der Waals surface area contributed by atoms with Gasteiger partial charge < -0.3 is 9.52 Å². The first-order valence-electron chi connectivity index (χ1n) is 11.7. The maximum atomic E-state index is 14.1. The molecular weight excluding hydrogens is 561 g/mol. The van der Waals surface area contributed by atoms with Gasteiger partial charge in [-0.05, 0) is 41.5 Å². The van der Waals surface area contributed by atoms with Gasteiger partial charge in [0.25, 0.3) is 5.91 Å². The van der Waals surface area contributed by atoms with Crippen molar-refractivity contribution in [2.45, 2.75) is 16.1 Å². The zero-order chi connectivity index (χ0) is 27.1. The molecule has 6 rings (SSSR count). The minimum absolute atomic E-state index is 0.00948. The molecule has 11 heteroatoms. The number of thioether (sulfide) groups is 1. The average molecular weight is 578 g/mol. The fourth-order valence-electron chi connectivity index (χ4n) is 4.33. The number of aromatic nitrogens is 2. The van der Waals surface area contributed by atoms with Gasteiger partial charge in [0.2, 0.25) is 10.9 Å². The third-order valence-electron chi connectivity index (χ3n) is 6.20. The third-order valence-corrected chi connectivity index (χ3v) is 8.56. The topological polar surface area (TPSA) is 96.5 Å². The highest BCUT2D eigenvalue weighted by atomic mass is 35.5. The summed E-state index contributed by atoms with van der Waals surface area (Å²) in [5.41, 5.74) is 1.41. The van der Waals surface area contributed by atoms with Gasteiger partial charge in [-0.25, -0.2) is 4.39 Å². The molecule has 1 N–H and O–H groups in total. The number of hydrogen-bond donors (Lipinski definition) is 1. The SMILES string of the molecule is O=C(C1=C(O)C(=O)N(c2nnc(SCc3ccccc3F)s2)[C@@H]1c1ccc(Cl)cc1)c1cc2ccccc2o1. The van der Waals surface area contributed by atoms with Crippen LogP contribution >= 0.6 is 34.7 Å². The molecule has 2 aromatic heterocycles. The molecule has 5 aromatic rings. The molecule has 39 heavy (non-hydrogen) atoms. The smallest absolute Gasteiger partial charge is 0.296 e. The van der Waals surface area contributed by atoms with E-state index in [1.807, 2.05) is 6.07 Å². The Kier molecular flexibility index (Phi) is 6.68. The number of carbonyl (C=O) groups is 2. The second kappa shape index (κ2) is 10.3. The Hall–Kier alpha value is -3.99. The molecule has 0 fully saturated rings. The number of furan rings is 1. The highest BCUT2D eigenvalue weighted by Crippen LogP contribution is 2.44. The van der Waals surface area contributed by atoms with Crippen molar-refractivity contribution in [3.8, 4) is 0 Å². The van der Waals surface area contributed by atoms with Gasteiger partial charge in [-0.15, -0.1) is 10.2 Å². The van der Waals surface area contributed by atoms with Crippen LogP contribution in [0.15, 0.2) is 99.0 Å². The Labute approximate surface area is 234 Å². The first-order valence-corrected chi connectivity index (χ1v) is 13.8. The van der Waals surface area contributed by atoms with Gasteiger partial charge >= 0.3 is 0 Å². The van der Waals surface area contributed by atoms with E-state index >= 15 is 0 Å². The predicted molar refractivity (Wildman–Crippen MR) is 148 cm³/mol. The number of halogens is 2. The van der Waals surface area contributed by atoms with Crippen LogP contribution in [0.4, 0.5) is 9.52 Å². The predicted octanol–water partition coefficient (Wildman–Crippen LogP) is 7.15. The fourth-order valence-corrected chi connectivity index (χ4v) is 6.31. The normalized spacial score (nSPS) is 15.5. The lowest BCUT2D eigenvalue weighted by molar-refractivity contribution is -0.117. The molecule has 0 unspecified atom stereocenters. The molecule has 194 valence electrons. The summed E-state index contributed by atoms with van der Waals surface area (Å²) in [6, 6.07) is 20.7. The first-order chi connectivity index (χ1) is 18.9. The van der Waals surface area contributed by atoms with Crippen molar-refractivity contribution >= 4 is 62.5 Å². The summed E-state index contributed by atoms with van der Waals surface area (Å²) in [5, 5.41) is 20.7. The second-order valence-electron chi connectivity index (χ2n) is 8.60. The number of Topliss-reactive ketones (excluding diaryl/α,β-unsaturated/α-hetero) is 1. The lowest BCUT2D eigenvalue weighted by Gasteiger charge is -2.23. The van der Waals surface area contributed by atoms with Crippen molar-refractivity contribution in [1.29, 1.82) is 0 Å². The number of aliphatic hydroxyl groups is 1. The summed E-state index contributed by atoms with van der Waals surface area (Å²) in [6.45, 7) is 0. The van der Waals surface area contributed by atoms with Gasteiger partial charge in [-0.3, -0.25) is 14.5 Å². The number of amides is 1. The van der Waals surface area contributed by atoms with Crippen molar-refractivity contribution in [2.24, 2.45) is 0 Å². The third kappa shape index (κ3) is 4.71. The van der Waals surface area contributed by atoms with Crippen molar-refractivity contribution in [2.75, 3.05) is 4.90 Å². The van der Waals surface area contributed by atoms with Gasteiger partial charge in [0.1, 0.15) is 11.4 Å². The number of hydrogen-bond acceptors (Lipinski definition) is 8. The Morgan fingerprint density at radius 1 is 1.08 bits per heavy atom. The summed E-state index contributed by atoms with van der Waals surface area (Å²) in [6.07, 6.45) is 0. The van der Waals surface area contributed by atoms with E-state index in [-0.39, 0.29) is 22.3 Å². The van der Waals surface area contributed by atoms with Crippen LogP contribution in [0, 0.1) is 5.82 Å². The number of aliphatic hydroxyl groups excluding tert-OH is 1. The Bertz CT molecular complexity index is 1730. The van der Waals surface area contributed by atoms with Crippen molar-refractivity contribution in [3.05, 3.63) is 118 Å². The highest BCUT2D eigenvalue weighted by molar-refractivity contribution is 8.00. The van der Waals surface area contributed by atoms with Gasteiger partial charge in [-0.1, -0.05) is 83.2 Å². The minimum atomic E-state index is -1.01. The number of fused-ring (bicyclic) bond motifs is 1. The standard InChI is InChI=1S/C28H17ClFN3O4S2/c29-18-11-9-15(10-12-18)23-22(24(34)21-13-16-5-2-4-8-20(16)37-21)25(35)26(36)33(23)27-31-32-28(39-27)38-14-17-6-1-3-7-19(17)30/h1-13,23,35H,14H2/t23-/m1/s1. The molecule has 1 aliphatic heterocycles. The fraction of sp³-hybridized carbons (Fsp3) is 0.0714. The summed E-state index contributed by atoms with van der Waals surface area (Å²) in [4.78, 5) is 28.3. The van der Waals surface area contributed by atoms with Gasteiger partial charge in [0, 0.05) is 16.2 Å². The molecule has 1 amide bonds. The second-order valence-corrected chi connectivity index (χ2v) is 11.2. The summed E-state index contributed by atoms with van der Waals surface area (Å²) in [7, 11) is 0. The molecule has 0 bridgehead atoms. The highest BCUT2D eigenvalue weighted by Gasteiger charge is 2.46. The van der Waals surface area contributed by atoms with Crippen LogP contribution in [0.3, 0.4) is 0 Å². The van der Waals surface area contributed by atoms with Crippen LogP contribution in [0.2, 0.25) is 5.02 Å². The number of carbonyl (C=O) groups excluding carboxylic acids is 2. The Morgan fingerprint density at radius 3 is 2.59 bits per heavy atom. The van der Waals surface area contributed by atoms with E-state index in [4.69, 9.17) is 16.0 Å². The number of ketones is 1. The van der Waals surface area contributed by atoms with Crippen LogP contribution in [0.25, 0.3) is 11.0 Å². The molecule has 0 aliphatic carbocycles. The molecule has 1 aliphatic rings. The number of benzene rings is 3. The van der Waals surface area contributed by atoms with Crippen LogP contribution in [-0.4, -0.2) is 27.0 Å². The molecule has 0 spiro atoms. The Morgan fingerprint density at radius 2 is 1.82 bits per heavy atom. The van der Waals surface area contributed by atoms with E-state index in [0.29, 0.717) is 37.2 Å². The maximum Gasteiger partial charge on any atom is 0.296 e. The lowest BCUT2D eigenvalue weighted by Crippen LogP contribution is -2.31. The molecule has 1 atom stereocenters. The van der Waals surface area contributed by atoms with Crippen LogP contribution in [-0.2, 0) is 10.5 Å². The largest absolute Gasteiger partial charge is 0.503 e. The van der Waals surface area contributed by atoms with Crippen molar-refractivity contribution in [3.63, 3.8) is 0 Å². The average Bonchev–Trinajstić information content (AvgIpc) is 3.65. The summed E-state index contributed by atoms with van der Waals surface area (Å²) in [5.74, 6) is -2.14. The van der Waals surface area contributed by atoms with E-state index in [9.17, 15) is 19.1 Å². The zero-order valence-electron chi connectivity index (χ0n) is 19.9. The number of anilines is 1. The number of para-hydroxylation sites is 1. The monoisotopic (exact) mass is 577 g/mol. The number of rotatable bonds is 7. The molecular formula is C28H17ClFN3O4S2. The van der Waals surface area contributed by atoms with E-state index < -0.39 is 23.5 Å². The quantitative estimate of drug-likeness (QED) is 0.125. The molecule has 7 nitrogen and oxygen atoms in total. The molecule has 3 heterocycles. The number of nitrogens with zero attached hydrogens (tertiary/aromatic N) is 3.